The van der Waals surface area contributed by atoms with E-state index in [9.17, 15) is 14.4 Å². The molecule has 33 heavy (non-hydrogen) atoms. The molecule has 0 radical (unpaired) electrons. The lowest BCUT2D eigenvalue weighted by molar-refractivity contribution is -0.144. The molecule has 0 N–H and O–H groups in total. The number of hydrogen-bond donors (Lipinski definition) is 0. The Morgan fingerprint density at radius 1 is 1.24 bits per heavy atom. The number of imidazole rings is 1. The van der Waals surface area contributed by atoms with Crippen molar-refractivity contribution in [3.05, 3.63) is 79.4 Å². The van der Waals surface area contributed by atoms with Crippen LogP contribution < -0.4 is 0 Å². The van der Waals surface area contributed by atoms with Crippen molar-refractivity contribution in [3.8, 4) is 0 Å². The molecule has 7 heteroatoms. The Kier molecular flexibility index (Phi) is 6.58. The molecule has 3 atom stereocenters. The molecule has 1 saturated heterocycles. The third-order valence-corrected chi connectivity index (χ3v) is 6.71. The predicted molar refractivity (Wildman–Crippen MR) is 125 cm³/mol. The second-order valence-corrected chi connectivity index (χ2v) is 8.84. The van der Waals surface area contributed by atoms with Crippen molar-refractivity contribution in [2.75, 3.05) is 6.54 Å². The largest absolute Gasteiger partial charge is 0.336 e. The molecule has 1 aromatic carbocycles. The highest BCUT2D eigenvalue weighted by Crippen LogP contribution is 2.41. The maximum Gasteiger partial charge on any atom is 0.240 e. The van der Waals surface area contributed by atoms with E-state index in [4.69, 9.17) is 0 Å². The Morgan fingerprint density at radius 2 is 2.03 bits per heavy atom. The smallest absolute Gasteiger partial charge is 0.240 e. The molecular formula is C26H30N4O3. The number of carbonyl (C=O) groups is 3. The second kappa shape index (κ2) is 9.57. The van der Waals surface area contributed by atoms with Crippen molar-refractivity contribution in [2.24, 2.45) is 0 Å². The van der Waals surface area contributed by atoms with E-state index in [1.54, 1.807) is 18.7 Å². The highest BCUT2D eigenvalue weighted by Gasteiger charge is 2.54. The van der Waals surface area contributed by atoms with E-state index in [-0.39, 0.29) is 49.2 Å². The molecule has 3 heterocycles. The lowest BCUT2D eigenvalue weighted by atomic mass is 9.75. The Balaban J connectivity index is 1.63. The molecule has 2 aliphatic rings. The molecular weight excluding hydrogens is 416 g/mol. The number of rotatable bonds is 8. The molecule has 0 saturated carbocycles. The second-order valence-electron chi connectivity index (χ2n) is 8.84. The molecule has 3 amide bonds. The third-order valence-electron chi connectivity index (χ3n) is 6.71. The van der Waals surface area contributed by atoms with Crippen LogP contribution >= 0.6 is 0 Å². The Bertz CT molecular complexity index is 1050. The zero-order valence-electron chi connectivity index (χ0n) is 19.0. The van der Waals surface area contributed by atoms with Gasteiger partial charge in [0.1, 0.15) is 0 Å². The molecule has 172 valence electrons. The van der Waals surface area contributed by atoms with Gasteiger partial charge < -0.3 is 9.47 Å². The minimum atomic E-state index is -1.19. The SMILES string of the molecule is C=CC[C@@H]1CC=C[C@@H](C)N1C(=O)CC1(c2ccccc2)CC(=O)N(CCn2ccnc2)C1=O. The standard InChI is InChI=1S/C26H30N4O3/c1-3-8-22-12-7-9-20(2)30(22)24(32)18-26(21-10-5-4-6-11-21)17-23(31)29(25(26)33)16-15-28-14-13-27-19-28/h3-7,9-11,13-14,19-20,22H,1,8,12,15-18H2,2H3/t20-,22-,26?/m1/s1. The summed E-state index contributed by atoms with van der Waals surface area (Å²) in [6.45, 7) is 6.53. The molecule has 2 aliphatic heterocycles. The van der Waals surface area contributed by atoms with Gasteiger partial charge in [-0.15, -0.1) is 6.58 Å². The fraction of sp³-hybridized carbons (Fsp3) is 0.385. The van der Waals surface area contributed by atoms with Gasteiger partial charge in [-0.25, -0.2) is 4.98 Å². The number of benzene rings is 1. The number of hydrogen-bond acceptors (Lipinski definition) is 4. The number of carbonyl (C=O) groups excluding carboxylic acids is 3. The summed E-state index contributed by atoms with van der Waals surface area (Å²) in [6, 6.07) is 9.19. The molecule has 1 fully saturated rings. The van der Waals surface area contributed by atoms with Gasteiger partial charge in [0.15, 0.2) is 0 Å². The average Bonchev–Trinajstić information content (AvgIpc) is 3.40. The van der Waals surface area contributed by atoms with Crippen LogP contribution in [0, 0.1) is 0 Å². The molecule has 7 nitrogen and oxygen atoms in total. The lowest BCUT2D eigenvalue weighted by Crippen LogP contribution is -2.50. The molecule has 1 aromatic heterocycles. The monoisotopic (exact) mass is 446 g/mol. The first-order valence-corrected chi connectivity index (χ1v) is 11.4. The predicted octanol–water partition coefficient (Wildman–Crippen LogP) is 3.09. The number of amides is 3. The highest BCUT2D eigenvalue weighted by atomic mass is 16.2. The van der Waals surface area contributed by atoms with Crippen LogP contribution in [0.15, 0.2) is 73.9 Å². The van der Waals surface area contributed by atoms with Gasteiger partial charge >= 0.3 is 0 Å². The minimum absolute atomic E-state index is 0.00427. The minimum Gasteiger partial charge on any atom is -0.336 e. The third kappa shape index (κ3) is 4.40. The van der Waals surface area contributed by atoms with Crippen LogP contribution in [0.5, 0.6) is 0 Å². The molecule has 0 spiro atoms. The van der Waals surface area contributed by atoms with Crippen molar-refractivity contribution in [2.45, 2.75) is 56.7 Å². The first-order chi connectivity index (χ1) is 16.0. The quantitative estimate of drug-likeness (QED) is 0.461. The molecule has 1 unspecified atom stereocenters. The van der Waals surface area contributed by atoms with Gasteiger partial charge in [0.05, 0.1) is 11.7 Å². The maximum absolute atomic E-state index is 13.8. The van der Waals surface area contributed by atoms with Gasteiger partial charge in [0.25, 0.3) is 0 Å². The summed E-state index contributed by atoms with van der Waals surface area (Å²) in [5, 5.41) is 0. The molecule has 2 aromatic rings. The van der Waals surface area contributed by atoms with Gasteiger partial charge in [-0.05, 0) is 25.3 Å². The fourth-order valence-electron chi connectivity index (χ4n) is 5.04. The van der Waals surface area contributed by atoms with E-state index >= 15 is 0 Å². The average molecular weight is 447 g/mol. The lowest BCUT2D eigenvalue weighted by Gasteiger charge is -2.39. The van der Waals surface area contributed by atoms with Crippen LogP contribution in [0.3, 0.4) is 0 Å². The number of aromatic nitrogens is 2. The van der Waals surface area contributed by atoms with Gasteiger partial charge in [0, 0.05) is 50.4 Å². The Hall–Kier alpha value is -3.48. The van der Waals surface area contributed by atoms with E-state index in [2.05, 4.69) is 17.6 Å². The molecule has 0 bridgehead atoms. The summed E-state index contributed by atoms with van der Waals surface area (Å²) in [5.74, 6) is -0.654. The van der Waals surface area contributed by atoms with Crippen molar-refractivity contribution >= 4 is 17.7 Å². The van der Waals surface area contributed by atoms with Crippen LogP contribution in [-0.4, -0.2) is 55.7 Å². The van der Waals surface area contributed by atoms with Crippen molar-refractivity contribution < 1.29 is 14.4 Å². The van der Waals surface area contributed by atoms with Crippen LogP contribution in [-0.2, 0) is 26.3 Å². The van der Waals surface area contributed by atoms with Crippen molar-refractivity contribution in [1.82, 2.24) is 19.4 Å². The first-order valence-electron chi connectivity index (χ1n) is 11.4. The van der Waals surface area contributed by atoms with Crippen LogP contribution in [0.4, 0.5) is 0 Å². The van der Waals surface area contributed by atoms with E-state index in [0.717, 1.165) is 6.42 Å². The zero-order chi connectivity index (χ0) is 23.4. The summed E-state index contributed by atoms with van der Waals surface area (Å²) >= 11 is 0. The normalized spacial score (nSPS) is 25.0. The fourth-order valence-corrected chi connectivity index (χ4v) is 5.04. The topological polar surface area (TPSA) is 75.5 Å². The molecule has 4 rings (SSSR count). The Morgan fingerprint density at radius 3 is 2.73 bits per heavy atom. The van der Waals surface area contributed by atoms with Crippen LogP contribution in [0.25, 0.3) is 0 Å². The number of nitrogens with zero attached hydrogens (tertiary/aromatic N) is 4. The van der Waals surface area contributed by atoms with Gasteiger partial charge in [-0.1, -0.05) is 48.6 Å². The summed E-state index contributed by atoms with van der Waals surface area (Å²) in [7, 11) is 0. The van der Waals surface area contributed by atoms with Crippen LogP contribution in [0.1, 0.15) is 38.2 Å². The van der Waals surface area contributed by atoms with E-state index in [1.807, 2.05) is 58.9 Å². The first kappa shape index (κ1) is 22.7. The summed E-state index contributed by atoms with van der Waals surface area (Å²) in [5.41, 5.74) is -0.480. The van der Waals surface area contributed by atoms with E-state index < -0.39 is 5.41 Å². The van der Waals surface area contributed by atoms with Crippen molar-refractivity contribution in [1.29, 1.82) is 0 Å². The van der Waals surface area contributed by atoms with Gasteiger partial charge in [-0.3, -0.25) is 19.3 Å². The van der Waals surface area contributed by atoms with Gasteiger partial charge in [-0.2, -0.15) is 0 Å². The van der Waals surface area contributed by atoms with E-state index in [1.165, 1.54) is 4.90 Å². The Labute approximate surface area is 194 Å². The zero-order valence-corrected chi connectivity index (χ0v) is 19.0. The number of imide groups is 1. The van der Waals surface area contributed by atoms with Gasteiger partial charge in [0.2, 0.25) is 17.7 Å². The summed E-state index contributed by atoms with van der Waals surface area (Å²) in [4.78, 5) is 47.7. The number of likely N-dealkylation sites (tertiary alicyclic amines) is 1. The molecule has 0 aliphatic carbocycles. The highest BCUT2D eigenvalue weighted by molar-refractivity contribution is 6.10. The summed E-state index contributed by atoms with van der Waals surface area (Å²) < 4.78 is 1.83. The van der Waals surface area contributed by atoms with Crippen molar-refractivity contribution in [3.63, 3.8) is 0 Å². The van der Waals surface area contributed by atoms with E-state index in [0.29, 0.717) is 18.5 Å². The maximum atomic E-state index is 13.8. The van der Waals surface area contributed by atoms with Crippen LogP contribution in [0.2, 0.25) is 0 Å². The summed E-state index contributed by atoms with van der Waals surface area (Å²) in [6.07, 6.45) is 12.5.